The molecule has 0 rings (SSSR count). The first-order valence-corrected chi connectivity index (χ1v) is 4.55. The molecule has 0 aliphatic carbocycles. The zero-order chi connectivity index (χ0) is 10.6. The molecule has 0 saturated heterocycles. The fraction of sp³-hybridized carbons (Fsp3) is 0.727. The van der Waals surface area contributed by atoms with Gasteiger partial charge in [0, 0.05) is 6.92 Å². The predicted octanol–water partition coefficient (Wildman–Crippen LogP) is 2.93. The molecule has 2 nitrogen and oxygen atoms in total. The van der Waals surface area contributed by atoms with E-state index in [4.69, 9.17) is 4.74 Å². The second-order valence-corrected chi connectivity index (χ2v) is 4.51. The van der Waals surface area contributed by atoms with Crippen LogP contribution in [-0.2, 0) is 9.53 Å². The molecule has 2 heteroatoms. The molecule has 0 unspecified atom stereocenters. The van der Waals surface area contributed by atoms with Crippen molar-refractivity contribution in [1.82, 2.24) is 0 Å². The molecule has 76 valence electrons. The Morgan fingerprint density at radius 2 is 1.62 bits per heavy atom. The van der Waals surface area contributed by atoms with Crippen LogP contribution in [0.25, 0.3) is 0 Å². The standard InChI is InChI=1S/C11H20O2/c1-8(2)10(11(4,5)6)7-13-9(3)12/h7H2,1-6H3. The van der Waals surface area contributed by atoms with Crippen molar-refractivity contribution < 1.29 is 9.53 Å². The first-order chi connectivity index (χ1) is 5.75. The van der Waals surface area contributed by atoms with E-state index in [0.717, 1.165) is 0 Å². The van der Waals surface area contributed by atoms with Gasteiger partial charge in [-0.05, 0) is 24.8 Å². The summed E-state index contributed by atoms with van der Waals surface area (Å²) in [6.07, 6.45) is 0. The van der Waals surface area contributed by atoms with Gasteiger partial charge in [0.15, 0.2) is 0 Å². The lowest BCUT2D eigenvalue weighted by atomic mass is 9.84. The van der Waals surface area contributed by atoms with Gasteiger partial charge in [0.25, 0.3) is 0 Å². The van der Waals surface area contributed by atoms with Crippen LogP contribution in [0.4, 0.5) is 0 Å². The molecule has 0 aromatic heterocycles. The molecule has 0 aliphatic heterocycles. The van der Waals surface area contributed by atoms with Gasteiger partial charge in [-0.15, -0.1) is 0 Å². The topological polar surface area (TPSA) is 26.3 Å². The molecule has 0 atom stereocenters. The highest BCUT2D eigenvalue weighted by atomic mass is 16.5. The minimum Gasteiger partial charge on any atom is -0.461 e. The van der Waals surface area contributed by atoms with Crippen molar-refractivity contribution in [3.8, 4) is 0 Å². The molecule has 0 saturated carbocycles. The Labute approximate surface area is 81.0 Å². The maximum absolute atomic E-state index is 10.7. The van der Waals surface area contributed by atoms with Crippen LogP contribution in [0.1, 0.15) is 41.5 Å². The van der Waals surface area contributed by atoms with Crippen LogP contribution >= 0.6 is 0 Å². The molecule has 0 radical (unpaired) electrons. The molecule has 0 amide bonds. The quantitative estimate of drug-likeness (QED) is 0.487. The normalized spacial score (nSPS) is 10.9. The molecule has 0 aliphatic rings. The number of carbonyl (C=O) groups is 1. The van der Waals surface area contributed by atoms with E-state index in [0.29, 0.717) is 6.61 Å². The van der Waals surface area contributed by atoms with Gasteiger partial charge in [0.2, 0.25) is 0 Å². The summed E-state index contributed by atoms with van der Waals surface area (Å²) in [5, 5.41) is 0. The fourth-order valence-electron chi connectivity index (χ4n) is 1.28. The summed E-state index contributed by atoms with van der Waals surface area (Å²) >= 11 is 0. The minimum atomic E-state index is -0.219. The minimum absolute atomic E-state index is 0.0777. The SMILES string of the molecule is CC(=O)OCC(=C(C)C)C(C)(C)C. The first-order valence-electron chi connectivity index (χ1n) is 4.55. The Hall–Kier alpha value is -0.790. The molecular weight excluding hydrogens is 164 g/mol. The van der Waals surface area contributed by atoms with E-state index < -0.39 is 0 Å². The Balaban J connectivity index is 4.50. The summed E-state index contributed by atoms with van der Waals surface area (Å²) < 4.78 is 5.00. The highest BCUT2D eigenvalue weighted by Gasteiger charge is 2.18. The highest BCUT2D eigenvalue weighted by molar-refractivity contribution is 5.66. The van der Waals surface area contributed by atoms with Crippen LogP contribution in [0.3, 0.4) is 0 Å². The number of carbonyl (C=O) groups excluding carboxylic acids is 1. The summed E-state index contributed by atoms with van der Waals surface area (Å²) in [5.41, 5.74) is 2.50. The van der Waals surface area contributed by atoms with Crippen LogP contribution in [0.5, 0.6) is 0 Å². The van der Waals surface area contributed by atoms with Crippen molar-refractivity contribution in [1.29, 1.82) is 0 Å². The monoisotopic (exact) mass is 184 g/mol. The fourth-order valence-corrected chi connectivity index (χ4v) is 1.28. The predicted molar refractivity (Wildman–Crippen MR) is 54.5 cm³/mol. The largest absolute Gasteiger partial charge is 0.461 e. The maximum Gasteiger partial charge on any atom is 0.302 e. The van der Waals surface area contributed by atoms with Crippen molar-refractivity contribution in [2.45, 2.75) is 41.5 Å². The third-order valence-electron chi connectivity index (χ3n) is 1.93. The van der Waals surface area contributed by atoms with Crippen molar-refractivity contribution in [3.63, 3.8) is 0 Å². The molecule has 0 N–H and O–H groups in total. The third-order valence-corrected chi connectivity index (χ3v) is 1.93. The van der Waals surface area contributed by atoms with Crippen LogP contribution in [-0.4, -0.2) is 12.6 Å². The van der Waals surface area contributed by atoms with E-state index in [1.54, 1.807) is 0 Å². The van der Waals surface area contributed by atoms with E-state index in [9.17, 15) is 4.79 Å². The van der Waals surface area contributed by atoms with Crippen LogP contribution < -0.4 is 0 Å². The average Bonchev–Trinajstić information content (AvgIpc) is 1.81. The van der Waals surface area contributed by atoms with Crippen molar-refractivity contribution >= 4 is 5.97 Å². The Bertz CT molecular complexity index is 215. The molecule has 13 heavy (non-hydrogen) atoms. The van der Waals surface area contributed by atoms with Gasteiger partial charge < -0.3 is 4.74 Å². The van der Waals surface area contributed by atoms with Crippen LogP contribution in [0.15, 0.2) is 11.1 Å². The molecule has 0 fully saturated rings. The first kappa shape index (κ1) is 12.2. The third kappa shape index (κ3) is 4.71. The lowest BCUT2D eigenvalue weighted by molar-refractivity contribution is -0.140. The molecule has 0 aromatic carbocycles. The molecular formula is C11H20O2. The van der Waals surface area contributed by atoms with Crippen molar-refractivity contribution in [2.75, 3.05) is 6.61 Å². The van der Waals surface area contributed by atoms with Gasteiger partial charge in [-0.2, -0.15) is 0 Å². The lowest BCUT2D eigenvalue weighted by Gasteiger charge is -2.24. The van der Waals surface area contributed by atoms with Crippen LogP contribution in [0.2, 0.25) is 0 Å². The van der Waals surface area contributed by atoms with E-state index in [2.05, 4.69) is 20.8 Å². The molecule has 0 heterocycles. The number of hydrogen-bond donors (Lipinski definition) is 0. The van der Waals surface area contributed by atoms with Crippen LogP contribution in [0, 0.1) is 5.41 Å². The summed E-state index contributed by atoms with van der Waals surface area (Å²) in [6, 6.07) is 0. The number of ether oxygens (including phenoxy) is 1. The van der Waals surface area contributed by atoms with Gasteiger partial charge in [-0.25, -0.2) is 0 Å². The number of allylic oxidation sites excluding steroid dienone is 1. The van der Waals surface area contributed by atoms with Gasteiger partial charge in [-0.1, -0.05) is 26.3 Å². The number of esters is 1. The summed E-state index contributed by atoms with van der Waals surface area (Å²) in [4.78, 5) is 10.7. The summed E-state index contributed by atoms with van der Waals surface area (Å²) in [7, 11) is 0. The Morgan fingerprint density at radius 1 is 1.15 bits per heavy atom. The van der Waals surface area contributed by atoms with E-state index in [1.165, 1.54) is 18.1 Å². The van der Waals surface area contributed by atoms with Gasteiger partial charge >= 0.3 is 5.97 Å². The lowest BCUT2D eigenvalue weighted by Crippen LogP contribution is -2.17. The summed E-state index contributed by atoms with van der Waals surface area (Å²) in [6.45, 7) is 12.3. The molecule has 0 aromatic rings. The second kappa shape index (κ2) is 4.45. The van der Waals surface area contributed by atoms with E-state index in [1.807, 2.05) is 13.8 Å². The van der Waals surface area contributed by atoms with Gasteiger partial charge in [-0.3, -0.25) is 4.79 Å². The van der Waals surface area contributed by atoms with E-state index >= 15 is 0 Å². The number of hydrogen-bond acceptors (Lipinski definition) is 2. The molecule has 0 bridgehead atoms. The van der Waals surface area contributed by atoms with Crippen molar-refractivity contribution in [2.24, 2.45) is 5.41 Å². The smallest absolute Gasteiger partial charge is 0.302 e. The Kier molecular flexibility index (Phi) is 4.18. The highest BCUT2D eigenvalue weighted by Crippen LogP contribution is 2.27. The maximum atomic E-state index is 10.7. The second-order valence-electron chi connectivity index (χ2n) is 4.51. The molecule has 0 spiro atoms. The average molecular weight is 184 g/mol. The van der Waals surface area contributed by atoms with Crippen molar-refractivity contribution in [3.05, 3.63) is 11.1 Å². The van der Waals surface area contributed by atoms with Gasteiger partial charge in [0.1, 0.15) is 6.61 Å². The van der Waals surface area contributed by atoms with E-state index in [-0.39, 0.29) is 11.4 Å². The van der Waals surface area contributed by atoms with Gasteiger partial charge in [0.05, 0.1) is 0 Å². The number of rotatable bonds is 2. The summed E-state index contributed by atoms with van der Waals surface area (Å²) in [5.74, 6) is -0.219. The zero-order valence-corrected chi connectivity index (χ0v) is 9.52. The zero-order valence-electron chi connectivity index (χ0n) is 9.52. The Morgan fingerprint density at radius 3 is 1.85 bits per heavy atom.